The van der Waals surface area contributed by atoms with Gasteiger partial charge in [0, 0.05) is 29.8 Å². The van der Waals surface area contributed by atoms with E-state index < -0.39 is 20.6 Å². The number of pyridine rings is 1. The number of sulfone groups is 1. The molecule has 2 aromatic rings. The molecule has 1 aromatic heterocycles. The maximum atomic E-state index is 11.9. The second kappa shape index (κ2) is 5.71. The highest BCUT2D eigenvalue weighted by Crippen LogP contribution is 2.23. The van der Waals surface area contributed by atoms with Crippen LogP contribution in [0.25, 0.3) is 10.9 Å². The molecule has 0 amide bonds. The van der Waals surface area contributed by atoms with Crippen molar-refractivity contribution in [3.05, 3.63) is 42.1 Å². The Labute approximate surface area is 125 Å². The number of nitrogens with zero attached hydrogens (tertiary/aromatic N) is 1. The van der Waals surface area contributed by atoms with Gasteiger partial charge in [0.1, 0.15) is 0 Å². The zero-order valence-corrected chi connectivity index (χ0v) is 13.3. The fraction of sp³-hybridized carbons (Fsp3) is 0.400. The Morgan fingerprint density at radius 2 is 1.90 bits per heavy atom. The third-order valence-corrected chi connectivity index (χ3v) is 6.26. The van der Waals surface area contributed by atoms with Gasteiger partial charge in [-0.25, -0.2) is 8.42 Å². The molecule has 0 spiro atoms. The first-order valence-electron chi connectivity index (χ1n) is 6.76. The average Bonchev–Trinajstić information content (AvgIpc) is 2.43. The van der Waals surface area contributed by atoms with Crippen LogP contribution in [0.15, 0.2) is 36.4 Å². The quantitative estimate of drug-likeness (QED) is 0.645. The van der Waals surface area contributed by atoms with Gasteiger partial charge in [-0.2, -0.15) is 0 Å². The van der Waals surface area contributed by atoms with E-state index in [9.17, 15) is 8.42 Å². The number of rotatable bonds is 5. The third kappa shape index (κ3) is 3.23. The molecule has 0 aliphatic carbocycles. The first-order chi connectivity index (χ1) is 9.75. The summed E-state index contributed by atoms with van der Waals surface area (Å²) in [5.41, 5.74) is 4.33. The smallest absolute Gasteiger partial charge is 0.154 e. The molecule has 0 aliphatic rings. The van der Waals surface area contributed by atoms with Crippen molar-refractivity contribution in [2.24, 2.45) is 5.84 Å². The monoisotopic (exact) mass is 307 g/mol. The number of hydrogen-bond acceptors (Lipinski definition) is 5. The summed E-state index contributed by atoms with van der Waals surface area (Å²) in [6.45, 7) is 3.35. The van der Waals surface area contributed by atoms with Crippen molar-refractivity contribution in [1.29, 1.82) is 0 Å². The van der Waals surface area contributed by atoms with Crippen molar-refractivity contribution < 1.29 is 8.42 Å². The maximum Gasteiger partial charge on any atom is 0.154 e. The second-order valence-electron chi connectivity index (χ2n) is 5.79. The van der Waals surface area contributed by atoms with Gasteiger partial charge in [-0.05, 0) is 26.0 Å². The number of nitrogens with two attached hydrogens (primary N) is 1. The van der Waals surface area contributed by atoms with Crippen molar-refractivity contribution in [2.75, 3.05) is 6.26 Å². The summed E-state index contributed by atoms with van der Waals surface area (Å²) in [5.74, 6) is 5.57. The largest absolute Gasteiger partial charge is 0.271 e. The summed E-state index contributed by atoms with van der Waals surface area (Å²) in [4.78, 5) is 4.57. The van der Waals surface area contributed by atoms with Gasteiger partial charge in [-0.15, -0.1) is 0 Å². The van der Waals surface area contributed by atoms with Gasteiger partial charge in [0.15, 0.2) is 9.84 Å². The van der Waals surface area contributed by atoms with Gasteiger partial charge in [-0.1, -0.05) is 24.3 Å². The highest BCUT2D eigenvalue weighted by molar-refractivity contribution is 7.92. The molecule has 6 heteroatoms. The predicted octanol–water partition coefficient (Wildman–Crippen LogP) is 1.43. The first-order valence-corrected chi connectivity index (χ1v) is 8.65. The molecular weight excluding hydrogens is 286 g/mol. The molecule has 1 atom stereocenters. The van der Waals surface area contributed by atoms with Crippen LogP contribution in [0.1, 0.15) is 19.5 Å². The molecule has 3 N–H and O–H groups in total. The van der Waals surface area contributed by atoms with Crippen molar-refractivity contribution in [1.82, 2.24) is 10.4 Å². The highest BCUT2D eigenvalue weighted by Gasteiger charge is 2.38. The average molecular weight is 307 g/mol. The van der Waals surface area contributed by atoms with E-state index >= 15 is 0 Å². The lowest BCUT2D eigenvalue weighted by Gasteiger charge is -2.32. The molecule has 114 valence electrons. The van der Waals surface area contributed by atoms with E-state index in [1.54, 1.807) is 13.8 Å². The normalized spacial score (nSPS) is 14.3. The minimum Gasteiger partial charge on any atom is -0.271 e. The summed E-state index contributed by atoms with van der Waals surface area (Å²) in [5, 5.41) is 1.06. The summed E-state index contributed by atoms with van der Waals surface area (Å²) >= 11 is 0. The van der Waals surface area contributed by atoms with Crippen molar-refractivity contribution in [2.45, 2.75) is 31.1 Å². The minimum absolute atomic E-state index is 0.416. The Bertz CT molecular complexity index is 741. The van der Waals surface area contributed by atoms with Crippen LogP contribution >= 0.6 is 0 Å². The van der Waals surface area contributed by atoms with Crippen LogP contribution in [-0.4, -0.2) is 30.4 Å². The molecular formula is C15H21N3O2S. The van der Waals surface area contributed by atoms with Crippen LogP contribution in [-0.2, 0) is 16.3 Å². The number of aromatic nitrogens is 1. The topological polar surface area (TPSA) is 85.1 Å². The van der Waals surface area contributed by atoms with Crippen molar-refractivity contribution >= 4 is 20.7 Å². The third-order valence-electron chi connectivity index (χ3n) is 4.07. The summed E-state index contributed by atoms with van der Waals surface area (Å²) in [7, 11) is -3.25. The summed E-state index contributed by atoms with van der Waals surface area (Å²) in [6, 6.07) is 11.3. The lowest BCUT2D eigenvalue weighted by Crippen LogP contribution is -2.55. The Morgan fingerprint density at radius 3 is 2.52 bits per heavy atom. The number of hydrazine groups is 1. The van der Waals surface area contributed by atoms with Gasteiger partial charge >= 0.3 is 0 Å². The lowest BCUT2D eigenvalue weighted by molar-refractivity contribution is 0.410. The fourth-order valence-corrected chi connectivity index (χ4v) is 2.86. The molecule has 5 nitrogen and oxygen atoms in total. The van der Waals surface area contributed by atoms with E-state index in [2.05, 4.69) is 10.4 Å². The van der Waals surface area contributed by atoms with Crippen LogP contribution in [0.3, 0.4) is 0 Å². The molecule has 0 aliphatic heterocycles. The van der Waals surface area contributed by atoms with Gasteiger partial charge in [0.2, 0.25) is 0 Å². The van der Waals surface area contributed by atoms with Crippen LogP contribution in [0.5, 0.6) is 0 Å². The van der Waals surface area contributed by atoms with Crippen LogP contribution in [0, 0.1) is 0 Å². The first kappa shape index (κ1) is 15.9. The molecule has 1 heterocycles. The van der Waals surface area contributed by atoms with E-state index in [0.717, 1.165) is 16.6 Å². The molecule has 21 heavy (non-hydrogen) atoms. The van der Waals surface area contributed by atoms with Crippen LogP contribution < -0.4 is 11.3 Å². The van der Waals surface area contributed by atoms with E-state index in [4.69, 9.17) is 5.84 Å². The number of para-hydroxylation sites is 1. The summed E-state index contributed by atoms with van der Waals surface area (Å²) in [6.07, 6.45) is 1.67. The number of nitrogens with one attached hydrogen (secondary N) is 1. The van der Waals surface area contributed by atoms with E-state index in [-0.39, 0.29) is 0 Å². The lowest BCUT2D eigenvalue weighted by atomic mass is 9.98. The molecule has 2 rings (SSSR count). The van der Waals surface area contributed by atoms with Crippen molar-refractivity contribution in [3.63, 3.8) is 0 Å². The zero-order valence-electron chi connectivity index (χ0n) is 12.5. The molecule has 0 fully saturated rings. The molecule has 1 unspecified atom stereocenters. The molecule has 0 saturated heterocycles. The van der Waals surface area contributed by atoms with Gasteiger partial charge in [0.05, 0.1) is 10.3 Å². The SMILES string of the molecule is CC(C)(C(Cc1ccc2ccccc2n1)NN)S(C)(=O)=O. The number of fused-ring (bicyclic) bond motifs is 1. The zero-order chi connectivity index (χ0) is 15.7. The standard InChI is InChI=1S/C15H21N3O2S/c1-15(2,21(3,19)20)14(18-16)10-12-9-8-11-6-4-5-7-13(11)17-12/h4-9,14,18H,10,16H2,1-3H3. The maximum absolute atomic E-state index is 11.9. The Morgan fingerprint density at radius 1 is 1.24 bits per heavy atom. The van der Waals surface area contributed by atoms with E-state index in [1.807, 2.05) is 36.4 Å². The van der Waals surface area contributed by atoms with E-state index in [0.29, 0.717) is 6.42 Å². The minimum atomic E-state index is -3.25. The molecule has 0 radical (unpaired) electrons. The number of benzene rings is 1. The molecule has 0 bridgehead atoms. The van der Waals surface area contributed by atoms with Gasteiger partial charge < -0.3 is 0 Å². The van der Waals surface area contributed by atoms with Gasteiger partial charge in [-0.3, -0.25) is 16.3 Å². The molecule has 1 aromatic carbocycles. The second-order valence-corrected chi connectivity index (χ2v) is 8.39. The Hall–Kier alpha value is -1.50. The van der Waals surface area contributed by atoms with E-state index in [1.165, 1.54) is 6.26 Å². The fourth-order valence-electron chi connectivity index (χ4n) is 2.19. The Kier molecular flexibility index (Phi) is 4.32. The van der Waals surface area contributed by atoms with Crippen LogP contribution in [0.4, 0.5) is 0 Å². The Balaban J connectivity index is 2.33. The highest BCUT2D eigenvalue weighted by atomic mass is 32.2. The number of hydrogen-bond donors (Lipinski definition) is 2. The summed E-state index contributed by atoms with van der Waals surface area (Å²) < 4.78 is 22.9. The van der Waals surface area contributed by atoms with Crippen molar-refractivity contribution in [3.8, 4) is 0 Å². The predicted molar refractivity (Wildman–Crippen MR) is 85.5 cm³/mol. The van der Waals surface area contributed by atoms with Crippen LogP contribution in [0.2, 0.25) is 0 Å². The van der Waals surface area contributed by atoms with Gasteiger partial charge in [0.25, 0.3) is 0 Å². The molecule has 0 saturated carbocycles.